The van der Waals surface area contributed by atoms with Gasteiger partial charge in [0.2, 0.25) is 5.91 Å². The lowest BCUT2D eigenvalue weighted by atomic mass is 9.75. The van der Waals surface area contributed by atoms with Gasteiger partial charge in [0.05, 0.1) is 5.41 Å². The lowest BCUT2D eigenvalue weighted by molar-refractivity contribution is -0.134. The van der Waals surface area contributed by atoms with Crippen LogP contribution in [0.2, 0.25) is 0 Å². The number of rotatable bonds is 3. The minimum absolute atomic E-state index is 0.107. The van der Waals surface area contributed by atoms with Crippen LogP contribution >= 0.6 is 0 Å². The third-order valence-corrected chi connectivity index (χ3v) is 6.39. The van der Waals surface area contributed by atoms with Crippen LogP contribution in [0.1, 0.15) is 58.3 Å². The van der Waals surface area contributed by atoms with Gasteiger partial charge in [-0.3, -0.25) is 4.79 Å². The average Bonchev–Trinajstić information content (AvgIpc) is 2.49. The number of fused-ring (bicyclic) bond motifs is 2. The van der Waals surface area contributed by atoms with Crippen LogP contribution in [0.25, 0.3) is 0 Å². The van der Waals surface area contributed by atoms with E-state index in [1.807, 2.05) is 0 Å². The third kappa shape index (κ3) is 2.98. The first kappa shape index (κ1) is 15.3. The lowest BCUT2D eigenvalue weighted by Crippen LogP contribution is -2.57. The van der Waals surface area contributed by atoms with E-state index in [4.69, 9.17) is 0 Å². The van der Waals surface area contributed by atoms with E-state index in [1.165, 1.54) is 19.3 Å². The maximum absolute atomic E-state index is 12.9. The quantitative estimate of drug-likeness (QED) is 0.835. The molecule has 2 N–H and O–H groups in total. The summed E-state index contributed by atoms with van der Waals surface area (Å²) >= 11 is 0. The van der Waals surface area contributed by atoms with Crippen LogP contribution < -0.4 is 10.6 Å². The van der Waals surface area contributed by atoms with Crippen molar-refractivity contribution in [1.29, 1.82) is 0 Å². The van der Waals surface area contributed by atoms with Gasteiger partial charge in [0, 0.05) is 18.1 Å². The molecule has 0 aromatic heterocycles. The molecule has 120 valence electrons. The van der Waals surface area contributed by atoms with Crippen molar-refractivity contribution in [2.24, 2.45) is 5.41 Å². The maximum Gasteiger partial charge on any atom is 0.226 e. The Morgan fingerprint density at radius 2 is 1.86 bits per heavy atom. The molecule has 1 amide bonds. The average molecular weight is 293 g/mol. The molecule has 3 heterocycles. The molecule has 0 aromatic carbocycles. The summed E-state index contributed by atoms with van der Waals surface area (Å²) < 4.78 is 0. The Morgan fingerprint density at radius 3 is 2.43 bits per heavy atom. The first-order valence-corrected chi connectivity index (χ1v) is 8.88. The molecule has 0 radical (unpaired) electrons. The van der Waals surface area contributed by atoms with Crippen LogP contribution in [0.4, 0.5) is 0 Å². The van der Waals surface area contributed by atoms with Crippen LogP contribution in [0, 0.1) is 5.41 Å². The first-order chi connectivity index (χ1) is 10.1. The summed E-state index contributed by atoms with van der Waals surface area (Å²) in [6.07, 6.45) is 9.24. The second kappa shape index (κ2) is 6.25. The maximum atomic E-state index is 12.9. The van der Waals surface area contributed by atoms with E-state index < -0.39 is 0 Å². The predicted octanol–water partition coefficient (Wildman–Crippen LogP) is 1.90. The molecule has 3 rings (SSSR count). The molecule has 0 aliphatic carbocycles. The van der Waals surface area contributed by atoms with Crippen molar-refractivity contribution in [3.05, 3.63) is 0 Å². The molecular formula is C17H31N3O. The fourth-order valence-electron chi connectivity index (χ4n) is 4.72. The van der Waals surface area contributed by atoms with E-state index in [-0.39, 0.29) is 5.41 Å². The summed E-state index contributed by atoms with van der Waals surface area (Å²) in [5.74, 6) is 0.333. The van der Waals surface area contributed by atoms with Gasteiger partial charge in [0.1, 0.15) is 0 Å². The molecule has 2 bridgehead atoms. The number of piperidine rings is 3. The summed E-state index contributed by atoms with van der Waals surface area (Å²) in [5.41, 5.74) is -0.107. The lowest BCUT2D eigenvalue weighted by Gasteiger charge is -2.48. The van der Waals surface area contributed by atoms with Crippen molar-refractivity contribution < 1.29 is 4.79 Å². The minimum Gasteiger partial charge on any atom is -0.353 e. The summed E-state index contributed by atoms with van der Waals surface area (Å²) in [4.78, 5) is 15.4. The molecule has 4 nitrogen and oxygen atoms in total. The number of nitrogens with zero attached hydrogens (tertiary/aromatic N) is 1. The molecule has 3 saturated heterocycles. The number of hydrogen-bond acceptors (Lipinski definition) is 3. The number of carbonyl (C=O) groups excluding carboxylic acids is 1. The zero-order valence-corrected chi connectivity index (χ0v) is 13.7. The van der Waals surface area contributed by atoms with Crippen molar-refractivity contribution in [2.45, 2.75) is 76.4 Å². The fraction of sp³-hybridized carbons (Fsp3) is 0.941. The highest BCUT2D eigenvalue weighted by Gasteiger charge is 2.41. The van der Waals surface area contributed by atoms with E-state index in [9.17, 15) is 4.79 Å². The second-order valence-corrected chi connectivity index (χ2v) is 7.43. The van der Waals surface area contributed by atoms with Gasteiger partial charge >= 0.3 is 0 Å². The molecule has 2 unspecified atom stereocenters. The van der Waals surface area contributed by atoms with Gasteiger partial charge in [-0.2, -0.15) is 0 Å². The van der Waals surface area contributed by atoms with E-state index in [0.29, 0.717) is 24.0 Å². The van der Waals surface area contributed by atoms with E-state index in [2.05, 4.69) is 29.5 Å². The Balaban J connectivity index is 1.62. The molecule has 4 heteroatoms. The number of hydrogen-bond donors (Lipinski definition) is 2. The zero-order valence-electron chi connectivity index (χ0n) is 13.7. The summed E-state index contributed by atoms with van der Waals surface area (Å²) in [7, 11) is 2.27. The van der Waals surface area contributed by atoms with Gasteiger partial charge in [-0.25, -0.2) is 0 Å². The van der Waals surface area contributed by atoms with Gasteiger partial charge in [-0.1, -0.05) is 13.3 Å². The SMILES string of the molecule is CCC1(C(=O)NC2CC3CCCC(C2)N3C)CCNCC1. The van der Waals surface area contributed by atoms with Crippen molar-refractivity contribution >= 4 is 5.91 Å². The smallest absolute Gasteiger partial charge is 0.226 e. The Morgan fingerprint density at radius 1 is 1.24 bits per heavy atom. The molecular weight excluding hydrogens is 262 g/mol. The van der Waals surface area contributed by atoms with E-state index in [1.54, 1.807) is 0 Å². The second-order valence-electron chi connectivity index (χ2n) is 7.43. The standard InChI is InChI=1S/C17H31N3O/c1-3-17(7-9-18-10-8-17)16(21)19-13-11-14-5-4-6-15(12-13)20(14)2/h13-15,18H,3-12H2,1-2H3,(H,19,21). The van der Waals surface area contributed by atoms with Gasteiger partial charge < -0.3 is 15.5 Å². The summed E-state index contributed by atoms with van der Waals surface area (Å²) in [6.45, 7) is 4.15. The monoisotopic (exact) mass is 293 g/mol. The Bertz CT molecular complexity index is 364. The third-order valence-electron chi connectivity index (χ3n) is 6.39. The summed E-state index contributed by atoms with van der Waals surface area (Å²) in [5, 5.41) is 6.82. The van der Waals surface area contributed by atoms with Crippen molar-refractivity contribution in [1.82, 2.24) is 15.5 Å². The molecule has 3 fully saturated rings. The van der Waals surface area contributed by atoms with Gasteiger partial charge in [-0.05, 0) is 65.1 Å². The highest BCUT2D eigenvalue weighted by molar-refractivity contribution is 5.83. The normalized spacial score (nSPS) is 36.2. The van der Waals surface area contributed by atoms with Crippen LogP contribution in [-0.2, 0) is 4.79 Å². The van der Waals surface area contributed by atoms with Gasteiger partial charge in [0.15, 0.2) is 0 Å². The largest absolute Gasteiger partial charge is 0.353 e. The van der Waals surface area contributed by atoms with Crippen LogP contribution in [-0.4, -0.2) is 49.1 Å². The minimum atomic E-state index is -0.107. The number of nitrogens with one attached hydrogen (secondary N) is 2. The predicted molar refractivity (Wildman–Crippen MR) is 85.2 cm³/mol. The topological polar surface area (TPSA) is 44.4 Å². The van der Waals surface area contributed by atoms with Crippen LogP contribution in [0.3, 0.4) is 0 Å². The zero-order chi connectivity index (χ0) is 14.9. The first-order valence-electron chi connectivity index (χ1n) is 8.88. The summed E-state index contributed by atoms with van der Waals surface area (Å²) in [6, 6.07) is 1.78. The molecule has 3 aliphatic heterocycles. The molecule has 2 atom stereocenters. The molecule has 0 saturated carbocycles. The Labute approximate surface area is 129 Å². The van der Waals surface area contributed by atoms with Crippen molar-refractivity contribution in [2.75, 3.05) is 20.1 Å². The van der Waals surface area contributed by atoms with Gasteiger partial charge in [0.25, 0.3) is 0 Å². The van der Waals surface area contributed by atoms with E-state index in [0.717, 1.165) is 45.2 Å². The highest BCUT2D eigenvalue weighted by atomic mass is 16.2. The Kier molecular flexibility index (Phi) is 4.55. The number of amides is 1. The van der Waals surface area contributed by atoms with Crippen LogP contribution in [0.15, 0.2) is 0 Å². The van der Waals surface area contributed by atoms with Crippen molar-refractivity contribution in [3.8, 4) is 0 Å². The molecule has 21 heavy (non-hydrogen) atoms. The Hall–Kier alpha value is -0.610. The number of carbonyl (C=O) groups is 1. The van der Waals surface area contributed by atoms with Crippen LogP contribution in [0.5, 0.6) is 0 Å². The molecule has 3 aliphatic rings. The van der Waals surface area contributed by atoms with Crippen molar-refractivity contribution in [3.63, 3.8) is 0 Å². The fourth-order valence-corrected chi connectivity index (χ4v) is 4.72. The molecule has 0 spiro atoms. The van der Waals surface area contributed by atoms with E-state index >= 15 is 0 Å². The highest BCUT2D eigenvalue weighted by Crippen LogP contribution is 2.35. The molecule has 0 aromatic rings. The van der Waals surface area contributed by atoms with Gasteiger partial charge in [-0.15, -0.1) is 0 Å².